The van der Waals surface area contributed by atoms with Gasteiger partial charge in [-0.25, -0.2) is 0 Å². The zero-order chi connectivity index (χ0) is 24.6. The fourth-order valence-corrected chi connectivity index (χ4v) is 12.1. The van der Waals surface area contributed by atoms with E-state index in [4.69, 9.17) is 18.9 Å². The molecular formula is C29H30BrO4P. The van der Waals surface area contributed by atoms with E-state index in [0.717, 1.165) is 11.7 Å². The van der Waals surface area contributed by atoms with Crippen molar-refractivity contribution in [2.45, 2.75) is 6.16 Å². The summed E-state index contributed by atoms with van der Waals surface area (Å²) in [4.78, 5) is 0. The summed E-state index contributed by atoms with van der Waals surface area (Å²) < 4.78 is 21.9. The molecule has 0 aromatic heterocycles. The van der Waals surface area contributed by atoms with Gasteiger partial charge in [-0.1, -0.05) is 0 Å². The van der Waals surface area contributed by atoms with E-state index in [0.29, 0.717) is 11.5 Å². The number of ether oxygens (including phenoxy) is 4. The number of hydrogen-bond donors (Lipinski definition) is 0. The van der Waals surface area contributed by atoms with Crippen LogP contribution in [0.2, 0.25) is 0 Å². The number of rotatable bonds is 11. The van der Waals surface area contributed by atoms with Crippen LogP contribution in [-0.2, 0) is 15.6 Å². The molecule has 0 aliphatic rings. The van der Waals surface area contributed by atoms with Crippen molar-refractivity contribution in [3.8, 4) is 11.5 Å². The van der Waals surface area contributed by atoms with Gasteiger partial charge < -0.3 is 0 Å². The molecule has 0 amide bonds. The first-order chi connectivity index (χ1) is 17.1. The molecule has 0 fully saturated rings. The molecule has 0 heterocycles. The van der Waals surface area contributed by atoms with Gasteiger partial charge in [0, 0.05) is 0 Å². The molecule has 0 aliphatic heterocycles. The van der Waals surface area contributed by atoms with E-state index in [-0.39, 0.29) is 13.6 Å². The fourth-order valence-electron chi connectivity index (χ4n) is 4.41. The molecule has 0 spiro atoms. The topological polar surface area (TPSA) is 36.9 Å². The zero-order valence-electron chi connectivity index (χ0n) is 20.0. The molecule has 4 rings (SSSR count). The van der Waals surface area contributed by atoms with Crippen molar-refractivity contribution in [3.63, 3.8) is 0 Å². The second-order valence-electron chi connectivity index (χ2n) is 8.23. The van der Waals surface area contributed by atoms with Gasteiger partial charge in [0.1, 0.15) is 0 Å². The fraction of sp³-hybridized carbons (Fsp3) is 0.172. The molecule has 0 bridgehead atoms. The second kappa shape index (κ2) is 11.4. The zero-order valence-corrected chi connectivity index (χ0v) is 22.5. The molecule has 35 heavy (non-hydrogen) atoms. The van der Waals surface area contributed by atoms with Crippen LogP contribution in [0.5, 0.6) is 11.5 Å². The van der Waals surface area contributed by atoms with Crippen molar-refractivity contribution >= 4 is 36.7 Å². The van der Waals surface area contributed by atoms with E-state index >= 15 is 0 Å². The molecule has 0 aliphatic carbocycles. The Morgan fingerprint density at radius 3 is 1.43 bits per heavy atom. The summed E-state index contributed by atoms with van der Waals surface area (Å²) in [7, 11) is 3.20. The summed E-state index contributed by atoms with van der Waals surface area (Å²) in [5, 5.41) is 0.655. The van der Waals surface area contributed by atoms with Crippen molar-refractivity contribution in [1.29, 1.82) is 0 Å². The van der Waals surface area contributed by atoms with Crippen LogP contribution >= 0.6 is 20.8 Å². The molecule has 0 N–H and O–H groups in total. The molecule has 0 saturated heterocycles. The van der Waals surface area contributed by atoms with Crippen LogP contribution in [0.3, 0.4) is 0 Å². The molecule has 4 aromatic carbocycles. The molecule has 182 valence electrons. The quantitative estimate of drug-likeness (QED) is 0.169. The van der Waals surface area contributed by atoms with Crippen LogP contribution in [0.4, 0.5) is 0 Å². The van der Waals surface area contributed by atoms with Crippen molar-refractivity contribution < 1.29 is 18.9 Å². The van der Waals surface area contributed by atoms with E-state index in [9.17, 15) is 0 Å². The van der Waals surface area contributed by atoms with Crippen LogP contribution in [0.1, 0.15) is 5.56 Å². The minimum absolute atomic E-state index is 0.126. The Balaban J connectivity index is 1.94. The Bertz CT molecular complexity index is 1120. The Labute approximate surface area is 215 Å². The number of halogens is 1. The summed E-state index contributed by atoms with van der Waals surface area (Å²) in [6, 6.07) is 38.3. The van der Waals surface area contributed by atoms with Gasteiger partial charge in [0.25, 0.3) is 0 Å². The summed E-state index contributed by atoms with van der Waals surface area (Å²) in [6.07, 6.45) is 0.748. The third-order valence-electron chi connectivity index (χ3n) is 6.04. The summed E-state index contributed by atoms with van der Waals surface area (Å²) in [6.45, 7) is 0.263. The van der Waals surface area contributed by atoms with E-state index in [2.05, 4.69) is 113 Å². The van der Waals surface area contributed by atoms with Gasteiger partial charge in [0.15, 0.2) is 0 Å². The Kier molecular flexibility index (Phi) is 8.25. The molecule has 0 saturated carbocycles. The van der Waals surface area contributed by atoms with Crippen LogP contribution in [0.15, 0.2) is 109 Å². The normalized spacial score (nSPS) is 12.5. The summed E-state index contributed by atoms with van der Waals surface area (Å²) in [5.41, 5.74) is 1.12. The van der Waals surface area contributed by atoms with Crippen molar-refractivity contribution in [2.24, 2.45) is 0 Å². The monoisotopic (exact) mass is 552 g/mol. The maximum atomic E-state index is 5.89. The molecule has 6 heteroatoms. The van der Waals surface area contributed by atoms with Gasteiger partial charge in [-0.05, 0) is 0 Å². The number of methoxy groups -OCH3 is 2. The first-order valence-corrected chi connectivity index (χ1v) is 15.8. The predicted octanol–water partition coefficient (Wildman–Crippen LogP) is 5.99. The van der Waals surface area contributed by atoms with Gasteiger partial charge in [-0.3, -0.25) is 0 Å². The average Bonchev–Trinajstić information content (AvgIpc) is 2.93. The van der Waals surface area contributed by atoms with Crippen LogP contribution in [0.25, 0.3) is 0 Å². The molecule has 0 radical (unpaired) electrons. The van der Waals surface area contributed by atoms with Gasteiger partial charge in [0.05, 0.1) is 0 Å². The second-order valence-corrected chi connectivity index (χ2v) is 17.2. The predicted molar refractivity (Wildman–Crippen MR) is 149 cm³/mol. The number of hydrogen-bond acceptors (Lipinski definition) is 4. The van der Waals surface area contributed by atoms with E-state index in [1.807, 2.05) is 12.1 Å². The van der Waals surface area contributed by atoms with E-state index in [1.165, 1.54) is 15.9 Å². The van der Waals surface area contributed by atoms with E-state index < -0.39 is 5.31 Å². The Morgan fingerprint density at radius 1 is 0.571 bits per heavy atom. The van der Waals surface area contributed by atoms with Gasteiger partial charge in [-0.2, -0.15) is 0 Å². The maximum absolute atomic E-state index is 5.89. The third kappa shape index (κ3) is 5.14. The SMILES string of the molecule is COCOc1ccc(CP(Br)(c2ccccc2)(c2ccccc2)c2ccccc2)cc1OCOC. The number of benzene rings is 4. The summed E-state index contributed by atoms with van der Waals surface area (Å²) >= 11 is 4.51. The van der Waals surface area contributed by atoms with Crippen LogP contribution < -0.4 is 25.4 Å². The Hall–Kier alpha value is -2.69. The third-order valence-corrected chi connectivity index (χ3v) is 15.6. The van der Waals surface area contributed by atoms with Crippen LogP contribution in [-0.4, -0.2) is 27.8 Å². The molecular weight excluding hydrogens is 523 g/mol. The molecule has 0 atom stereocenters. The minimum atomic E-state index is -3.12. The van der Waals surface area contributed by atoms with E-state index in [1.54, 1.807) is 14.2 Å². The Morgan fingerprint density at radius 2 is 1.00 bits per heavy atom. The van der Waals surface area contributed by atoms with Crippen molar-refractivity contribution in [1.82, 2.24) is 0 Å². The van der Waals surface area contributed by atoms with Gasteiger partial charge >= 0.3 is 216 Å². The van der Waals surface area contributed by atoms with Crippen molar-refractivity contribution in [2.75, 3.05) is 27.8 Å². The summed E-state index contributed by atoms with van der Waals surface area (Å²) in [5.74, 6) is 1.23. The van der Waals surface area contributed by atoms with Crippen LogP contribution in [0, 0.1) is 0 Å². The molecule has 4 nitrogen and oxygen atoms in total. The first-order valence-electron chi connectivity index (χ1n) is 11.4. The molecule has 4 aromatic rings. The van der Waals surface area contributed by atoms with Gasteiger partial charge in [-0.15, -0.1) is 0 Å². The van der Waals surface area contributed by atoms with Gasteiger partial charge in [0.2, 0.25) is 0 Å². The molecule has 0 unspecified atom stereocenters. The standard InChI is InChI=1S/C29H30BrO4P/c1-31-22-33-28-19-18-24(20-29(28)34-23-32-2)21-35(30,25-12-6-3-7-13-25,26-14-8-4-9-15-26)27-16-10-5-11-17-27/h3-20H,21-23H2,1-2H3. The first kappa shape index (κ1) is 25.4. The average molecular weight is 553 g/mol. The van der Waals surface area contributed by atoms with Crippen molar-refractivity contribution in [3.05, 3.63) is 115 Å².